The van der Waals surface area contributed by atoms with Crippen LogP contribution in [-0.2, 0) is 11.2 Å². The maximum Gasteiger partial charge on any atom is 0.179 e. The number of Topliss-reactive ketones (excluding diaryl/α,β-unsaturated/α-hetero) is 1. The highest BCUT2D eigenvalue weighted by atomic mass is 35.5. The minimum atomic E-state index is 0.105. The summed E-state index contributed by atoms with van der Waals surface area (Å²) in [5.41, 5.74) is 0.867. The van der Waals surface area contributed by atoms with Crippen molar-refractivity contribution in [1.29, 1.82) is 0 Å². The van der Waals surface area contributed by atoms with Crippen LogP contribution in [0.15, 0.2) is 12.1 Å². The highest BCUT2D eigenvalue weighted by Gasteiger charge is 2.20. The van der Waals surface area contributed by atoms with E-state index in [9.17, 15) is 4.79 Å². The molecule has 19 heavy (non-hydrogen) atoms. The van der Waals surface area contributed by atoms with Crippen LogP contribution in [0.3, 0.4) is 0 Å². The van der Waals surface area contributed by atoms with E-state index in [4.69, 9.17) is 21.1 Å². The van der Waals surface area contributed by atoms with Crippen molar-refractivity contribution in [3.63, 3.8) is 0 Å². The maximum atomic E-state index is 11.2. The molecule has 0 amide bonds. The summed E-state index contributed by atoms with van der Waals surface area (Å²) in [7, 11) is 1.58. The molecule has 0 bridgehead atoms. The van der Waals surface area contributed by atoms with Crippen LogP contribution in [0.2, 0.25) is 5.02 Å². The Kier molecular flexibility index (Phi) is 4.70. The summed E-state index contributed by atoms with van der Waals surface area (Å²) < 4.78 is 11.3. The minimum absolute atomic E-state index is 0.105. The molecule has 1 fully saturated rings. The third-order valence-corrected chi connectivity index (χ3v) is 3.60. The third-order valence-electron chi connectivity index (χ3n) is 3.32. The van der Waals surface area contributed by atoms with Crippen LogP contribution in [0.25, 0.3) is 0 Å². The molecular weight excluding hydrogens is 264 g/mol. The summed E-state index contributed by atoms with van der Waals surface area (Å²) in [4.78, 5) is 11.2. The summed E-state index contributed by atoms with van der Waals surface area (Å²) >= 11 is 6.19. The molecule has 0 saturated heterocycles. The van der Waals surface area contributed by atoms with Crippen LogP contribution in [0.4, 0.5) is 0 Å². The predicted octanol–water partition coefficient (Wildman–Crippen LogP) is 3.80. The lowest BCUT2D eigenvalue weighted by molar-refractivity contribution is -0.116. The van der Waals surface area contributed by atoms with E-state index in [1.807, 2.05) is 6.07 Å². The zero-order chi connectivity index (χ0) is 13.8. The van der Waals surface area contributed by atoms with Gasteiger partial charge in [-0.3, -0.25) is 4.79 Å². The van der Waals surface area contributed by atoms with Crippen molar-refractivity contribution in [1.82, 2.24) is 0 Å². The fraction of sp³-hybridized carbons (Fsp3) is 0.533. The minimum Gasteiger partial charge on any atom is -0.491 e. The van der Waals surface area contributed by atoms with Gasteiger partial charge in [-0.1, -0.05) is 11.6 Å². The molecule has 0 aliphatic heterocycles. The molecule has 104 valence electrons. The van der Waals surface area contributed by atoms with Crippen molar-refractivity contribution in [3.05, 3.63) is 22.7 Å². The SMILES string of the molecule is COc1c(Cl)cc(CC(C)=O)cc1OC1CCCC1. The van der Waals surface area contributed by atoms with Crippen molar-refractivity contribution >= 4 is 17.4 Å². The normalized spacial score (nSPS) is 15.5. The lowest BCUT2D eigenvalue weighted by Crippen LogP contribution is -2.12. The molecule has 0 aromatic heterocycles. The number of rotatable bonds is 5. The first-order chi connectivity index (χ1) is 9.10. The molecule has 3 nitrogen and oxygen atoms in total. The van der Waals surface area contributed by atoms with E-state index in [2.05, 4.69) is 0 Å². The van der Waals surface area contributed by atoms with Gasteiger partial charge in [0.1, 0.15) is 5.78 Å². The quantitative estimate of drug-likeness (QED) is 0.824. The number of halogens is 1. The van der Waals surface area contributed by atoms with Crippen molar-refractivity contribution in [3.8, 4) is 11.5 Å². The topological polar surface area (TPSA) is 35.5 Å². The van der Waals surface area contributed by atoms with E-state index in [0.29, 0.717) is 22.9 Å². The molecule has 1 aromatic rings. The lowest BCUT2D eigenvalue weighted by Gasteiger charge is -2.17. The molecule has 0 unspecified atom stereocenters. The van der Waals surface area contributed by atoms with Gasteiger partial charge in [-0.15, -0.1) is 0 Å². The van der Waals surface area contributed by atoms with Gasteiger partial charge in [0.2, 0.25) is 0 Å². The van der Waals surface area contributed by atoms with Gasteiger partial charge in [-0.25, -0.2) is 0 Å². The number of carbonyl (C=O) groups excluding carboxylic acids is 1. The lowest BCUT2D eigenvalue weighted by atomic mass is 10.1. The largest absolute Gasteiger partial charge is 0.491 e. The molecule has 0 spiro atoms. The Bertz CT molecular complexity index is 465. The molecule has 0 atom stereocenters. The van der Waals surface area contributed by atoms with Crippen molar-refractivity contribution in [2.24, 2.45) is 0 Å². The van der Waals surface area contributed by atoms with Crippen LogP contribution >= 0.6 is 11.6 Å². The molecule has 0 radical (unpaired) electrons. The van der Waals surface area contributed by atoms with E-state index in [0.717, 1.165) is 18.4 Å². The monoisotopic (exact) mass is 282 g/mol. The van der Waals surface area contributed by atoms with E-state index in [1.54, 1.807) is 20.1 Å². The summed E-state index contributed by atoms with van der Waals surface area (Å²) in [6.45, 7) is 1.57. The Hall–Kier alpha value is -1.22. The van der Waals surface area contributed by atoms with Gasteiger partial charge < -0.3 is 9.47 Å². The zero-order valence-electron chi connectivity index (χ0n) is 11.4. The Morgan fingerprint density at radius 2 is 2.05 bits per heavy atom. The molecule has 0 N–H and O–H groups in total. The summed E-state index contributed by atoms with van der Waals surface area (Å²) in [5.74, 6) is 1.31. The number of carbonyl (C=O) groups is 1. The van der Waals surface area contributed by atoms with Crippen molar-refractivity contribution in [2.45, 2.75) is 45.1 Å². The highest BCUT2D eigenvalue weighted by molar-refractivity contribution is 6.32. The van der Waals surface area contributed by atoms with Gasteiger partial charge in [-0.2, -0.15) is 0 Å². The summed E-state index contributed by atoms with van der Waals surface area (Å²) in [6.07, 6.45) is 5.14. The number of benzene rings is 1. The van der Waals surface area contributed by atoms with Gasteiger partial charge in [0.25, 0.3) is 0 Å². The first-order valence-corrected chi connectivity index (χ1v) is 7.00. The fourth-order valence-electron chi connectivity index (χ4n) is 2.48. The molecule has 2 rings (SSSR count). The van der Waals surface area contributed by atoms with E-state index in [1.165, 1.54) is 12.8 Å². The average molecular weight is 283 g/mol. The Labute approximate surface area is 118 Å². The number of ketones is 1. The Morgan fingerprint density at radius 3 is 2.63 bits per heavy atom. The Morgan fingerprint density at radius 1 is 1.37 bits per heavy atom. The summed E-state index contributed by atoms with van der Waals surface area (Å²) in [5, 5.41) is 0.495. The van der Waals surface area contributed by atoms with E-state index >= 15 is 0 Å². The maximum absolute atomic E-state index is 11.2. The number of methoxy groups -OCH3 is 1. The first-order valence-electron chi connectivity index (χ1n) is 6.62. The molecule has 1 saturated carbocycles. The molecule has 1 aromatic carbocycles. The van der Waals surface area contributed by atoms with Crippen LogP contribution in [0.1, 0.15) is 38.2 Å². The van der Waals surface area contributed by atoms with Crippen LogP contribution in [0.5, 0.6) is 11.5 Å². The number of hydrogen-bond donors (Lipinski definition) is 0. The molecule has 4 heteroatoms. The van der Waals surface area contributed by atoms with Gasteiger partial charge in [0, 0.05) is 6.42 Å². The van der Waals surface area contributed by atoms with Crippen molar-refractivity contribution < 1.29 is 14.3 Å². The number of ether oxygens (including phenoxy) is 2. The first kappa shape index (κ1) is 14.2. The standard InChI is InChI=1S/C15H19ClO3/c1-10(17)7-11-8-13(16)15(18-2)14(9-11)19-12-5-3-4-6-12/h8-9,12H,3-7H2,1-2H3. The molecule has 1 aliphatic rings. The van der Waals surface area contributed by atoms with Gasteiger partial charge in [-0.05, 0) is 50.3 Å². The van der Waals surface area contributed by atoms with Crippen LogP contribution < -0.4 is 9.47 Å². The van der Waals surface area contributed by atoms with Gasteiger partial charge in [0.15, 0.2) is 11.5 Å². The zero-order valence-corrected chi connectivity index (χ0v) is 12.1. The highest BCUT2D eigenvalue weighted by Crippen LogP contribution is 2.38. The summed E-state index contributed by atoms with van der Waals surface area (Å²) in [6, 6.07) is 3.63. The molecule has 0 heterocycles. The fourth-order valence-corrected chi connectivity index (χ4v) is 2.79. The second-order valence-corrected chi connectivity index (χ2v) is 5.42. The number of hydrogen-bond acceptors (Lipinski definition) is 3. The van der Waals surface area contributed by atoms with Crippen molar-refractivity contribution in [2.75, 3.05) is 7.11 Å². The van der Waals surface area contributed by atoms with E-state index in [-0.39, 0.29) is 11.9 Å². The van der Waals surface area contributed by atoms with Gasteiger partial charge >= 0.3 is 0 Å². The second kappa shape index (κ2) is 6.29. The predicted molar refractivity (Wildman–Crippen MR) is 75.3 cm³/mol. The van der Waals surface area contributed by atoms with Gasteiger partial charge in [0.05, 0.1) is 18.2 Å². The molecule has 1 aliphatic carbocycles. The average Bonchev–Trinajstić information content (AvgIpc) is 2.80. The van der Waals surface area contributed by atoms with E-state index < -0.39 is 0 Å². The molecular formula is C15H19ClO3. The van der Waals surface area contributed by atoms with Crippen LogP contribution in [-0.4, -0.2) is 19.0 Å². The second-order valence-electron chi connectivity index (χ2n) is 5.01. The van der Waals surface area contributed by atoms with Crippen LogP contribution in [0, 0.1) is 0 Å². The Balaban J connectivity index is 2.26. The third kappa shape index (κ3) is 3.63. The smallest absolute Gasteiger partial charge is 0.179 e.